The van der Waals surface area contributed by atoms with Crippen molar-refractivity contribution in [3.8, 4) is 6.07 Å². The van der Waals surface area contributed by atoms with Gasteiger partial charge >= 0.3 is 0 Å². The fraction of sp³-hybridized carbons (Fsp3) is 0.867. The van der Waals surface area contributed by atoms with Gasteiger partial charge in [-0.3, -0.25) is 4.79 Å². The molecule has 102 valence electrons. The monoisotopic (exact) mass is 250 g/mol. The Kier molecular flexibility index (Phi) is 6.18. The van der Waals surface area contributed by atoms with Crippen LogP contribution >= 0.6 is 0 Å². The fourth-order valence-electron chi connectivity index (χ4n) is 2.78. The van der Waals surface area contributed by atoms with Crippen molar-refractivity contribution in [3.05, 3.63) is 0 Å². The maximum Gasteiger partial charge on any atom is 0.240 e. The normalized spacial score (nSPS) is 19.2. The average Bonchev–Trinajstić information content (AvgIpc) is 2.86. The topological polar surface area (TPSA) is 52.9 Å². The molecule has 3 nitrogen and oxygen atoms in total. The zero-order valence-corrected chi connectivity index (χ0v) is 11.8. The second-order valence-corrected chi connectivity index (χ2v) is 5.50. The maximum atomic E-state index is 12.3. The van der Waals surface area contributed by atoms with Crippen LogP contribution < -0.4 is 5.32 Å². The lowest BCUT2D eigenvalue weighted by atomic mass is 9.86. The molecule has 1 rings (SSSR count). The van der Waals surface area contributed by atoms with E-state index in [0.29, 0.717) is 0 Å². The standard InChI is InChI=1S/C15H26N2O/c1-3-5-9-13(8-4-2)17-14(18)15(12-16)10-6-7-11-15/h13H,3-11H2,1-2H3,(H,17,18). The van der Waals surface area contributed by atoms with Crippen LogP contribution in [-0.4, -0.2) is 11.9 Å². The van der Waals surface area contributed by atoms with E-state index in [1.165, 1.54) is 0 Å². The van der Waals surface area contributed by atoms with Gasteiger partial charge in [0.2, 0.25) is 5.91 Å². The van der Waals surface area contributed by atoms with Crippen LogP contribution in [0.25, 0.3) is 0 Å². The number of rotatable bonds is 7. The third-order valence-corrected chi connectivity index (χ3v) is 3.98. The van der Waals surface area contributed by atoms with Gasteiger partial charge in [-0.05, 0) is 25.7 Å². The van der Waals surface area contributed by atoms with Crippen molar-refractivity contribution >= 4 is 5.91 Å². The summed E-state index contributed by atoms with van der Waals surface area (Å²) in [6.07, 6.45) is 8.93. The number of nitrogens with one attached hydrogen (secondary N) is 1. The largest absolute Gasteiger partial charge is 0.352 e. The summed E-state index contributed by atoms with van der Waals surface area (Å²) < 4.78 is 0. The third-order valence-electron chi connectivity index (χ3n) is 3.98. The van der Waals surface area contributed by atoms with Crippen LogP contribution in [0.15, 0.2) is 0 Å². The van der Waals surface area contributed by atoms with Gasteiger partial charge in [0.05, 0.1) is 6.07 Å². The quantitative estimate of drug-likeness (QED) is 0.751. The lowest BCUT2D eigenvalue weighted by Crippen LogP contribution is -2.43. The number of unbranched alkanes of at least 4 members (excludes halogenated alkanes) is 1. The van der Waals surface area contributed by atoms with Gasteiger partial charge in [0.15, 0.2) is 0 Å². The van der Waals surface area contributed by atoms with E-state index in [2.05, 4.69) is 25.2 Å². The van der Waals surface area contributed by atoms with Crippen LogP contribution in [0.2, 0.25) is 0 Å². The summed E-state index contributed by atoms with van der Waals surface area (Å²) in [5.74, 6) is -0.0166. The van der Waals surface area contributed by atoms with Gasteiger partial charge in [-0.2, -0.15) is 5.26 Å². The van der Waals surface area contributed by atoms with Crippen LogP contribution in [0.5, 0.6) is 0 Å². The van der Waals surface area contributed by atoms with Crippen molar-refractivity contribution in [1.29, 1.82) is 5.26 Å². The molecule has 0 aliphatic heterocycles. The highest BCUT2D eigenvalue weighted by atomic mass is 16.2. The van der Waals surface area contributed by atoms with E-state index in [-0.39, 0.29) is 11.9 Å². The number of hydrogen-bond acceptors (Lipinski definition) is 2. The summed E-state index contributed by atoms with van der Waals surface area (Å²) in [7, 11) is 0. The van der Waals surface area contributed by atoms with Gasteiger partial charge in [0, 0.05) is 6.04 Å². The Morgan fingerprint density at radius 3 is 2.44 bits per heavy atom. The zero-order valence-electron chi connectivity index (χ0n) is 11.8. The highest BCUT2D eigenvalue weighted by Gasteiger charge is 2.41. The summed E-state index contributed by atoms with van der Waals surface area (Å²) in [5, 5.41) is 12.4. The van der Waals surface area contributed by atoms with Crippen molar-refractivity contribution in [2.24, 2.45) is 5.41 Å². The summed E-state index contributed by atoms with van der Waals surface area (Å²) in [4.78, 5) is 12.3. The smallest absolute Gasteiger partial charge is 0.240 e. The molecule has 0 saturated heterocycles. The second kappa shape index (κ2) is 7.41. The molecule has 1 N–H and O–H groups in total. The van der Waals surface area contributed by atoms with Crippen LogP contribution in [0, 0.1) is 16.7 Å². The van der Waals surface area contributed by atoms with Crippen LogP contribution in [0.3, 0.4) is 0 Å². The first-order valence-corrected chi connectivity index (χ1v) is 7.40. The van der Waals surface area contributed by atoms with Crippen molar-refractivity contribution in [1.82, 2.24) is 5.32 Å². The fourth-order valence-corrected chi connectivity index (χ4v) is 2.78. The Hall–Kier alpha value is -1.04. The zero-order chi connectivity index (χ0) is 13.4. The van der Waals surface area contributed by atoms with Gasteiger partial charge in [0.1, 0.15) is 5.41 Å². The minimum atomic E-state index is -0.724. The molecule has 1 unspecified atom stereocenters. The Morgan fingerprint density at radius 1 is 1.28 bits per heavy atom. The molecular formula is C15H26N2O. The Balaban J connectivity index is 2.56. The van der Waals surface area contributed by atoms with E-state index < -0.39 is 5.41 Å². The predicted octanol–water partition coefficient (Wildman–Crippen LogP) is 3.55. The average molecular weight is 250 g/mol. The molecule has 18 heavy (non-hydrogen) atoms. The molecule has 1 aliphatic rings. The number of carbonyl (C=O) groups excluding carboxylic acids is 1. The SMILES string of the molecule is CCCCC(CCC)NC(=O)C1(C#N)CCCC1. The Labute approximate surface area is 111 Å². The highest BCUT2D eigenvalue weighted by molar-refractivity contribution is 5.85. The van der Waals surface area contributed by atoms with Crippen LogP contribution in [0.1, 0.15) is 71.6 Å². The molecule has 1 saturated carbocycles. The first kappa shape index (κ1) is 15.0. The molecule has 1 amide bonds. The Bertz CT molecular complexity index is 300. The van der Waals surface area contributed by atoms with E-state index in [1.54, 1.807) is 0 Å². The molecule has 0 heterocycles. The Morgan fingerprint density at radius 2 is 1.94 bits per heavy atom. The number of amides is 1. The summed E-state index contributed by atoms with van der Waals surface area (Å²) in [6.45, 7) is 4.30. The number of nitriles is 1. The van der Waals surface area contributed by atoms with E-state index in [0.717, 1.165) is 57.8 Å². The number of nitrogens with zero attached hydrogens (tertiary/aromatic N) is 1. The van der Waals surface area contributed by atoms with Crippen LogP contribution in [0.4, 0.5) is 0 Å². The molecule has 0 radical (unpaired) electrons. The summed E-state index contributed by atoms with van der Waals surface area (Å²) in [6, 6.07) is 2.53. The molecule has 1 fully saturated rings. The molecule has 0 aromatic heterocycles. The summed E-state index contributed by atoms with van der Waals surface area (Å²) >= 11 is 0. The molecular weight excluding hydrogens is 224 g/mol. The van der Waals surface area contributed by atoms with E-state index in [9.17, 15) is 10.1 Å². The van der Waals surface area contributed by atoms with Crippen molar-refractivity contribution < 1.29 is 4.79 Å². The van der Waals surface area contributed by atoms with E-state index in [1.807, 2.05) is 0 Å². The van der Waals surface area contributed by atoms with Crippen molar-refractivity contribution in [2.75, 3.05) is 0 Å². The van der Waals surface area contributed by atoms with E-state index >= 15 is 0 Å². The minimum absolute atomic E-state index is 0.0166. The van der Waals surface area contributed by atoms with Gasteiger partial charge in [0.25, 0.3) is 0 Å². The van der Waals surface area contributed by atoms with E-state index in [4.69, 9.17) is 0 Å². The number of hydrogen-bond donors (Lipinski definition) is 1. The molecule has 0 aromatic carbocycles. The first-order chi connectivity index (χ1) is 8.68. The molecule has 1 atom stereocenters. The van der Waals surface area contributed by atoms with Gasteiger partial charge < -0.3 is 5.32 Å². The van der Waals surface area contributed by atoms with Crippen molar-refractivity contribution in [3.63, 3.8) is 0 Å². The third kappa shape index (κ3) is 3.73. The first-order valence-electron chi connectivity index (χ1n) is 7.40. The molecule has 1 aliphatic carbocycles. The van der Waals surface area contributed by atoms with Crippen molar-refractivity contribution in [2.45, 2.75) is 77.7 Å². The van der Waals surface area contributed by atoms with Gasteiger partial charge in [-0.15, -0.1) is 0 Å². The number of carbonyl (C=O) groups is 1. The highest BCUT2D eigenvalue weighted by Crippen LogP contribution is 2.37. The van der Waals surface area contributed by atoms with Crippen LogP contribution in [-0.2, 0) is 4.79 Å². The molecule has 0 aromatic rings. The minimum Gasteiger partial charge on any atom is -0.352 e. The van der Waals surface area contributed by atoms with Gasteiger partial charge in [-0.1, -0.05) is 46.0 Å². The van der Waals surface area contributed by atoms with Gasteiger partial charge in [-0.25, -0.2) is 0 Å². The predicted molar refractivity (Wildman–Crippen MR) is 72.9 cm³/mol. The maximum absolute atomic E-state index is 12.3. The lowest BCUT2D eigenvalue weighted by molar-refractivity contribution is -0.128. The summed E-state index contributed by atoms with van der Waals surface area (Å²) in [5.41, 5.74) is -0.724. The molecule has 3 heteroatoms. The second-order valence-electron chi connectivity index (χ2n) is 5.50. The molecule has 0 bridgehead atoms. The lowest BCUT2D eigenvalue weighted by Gasteiger charge is -2.24. The molecule has 0 spiro atoms.